The molecule has 2 rings (SSSR count). The van der Waals surface area contributed by atoms with Gasteiger partial charge in [-0.2, -0.15) is 0 Å². The average Bonchev–Trinajstić information content (AvgIpc) is 2.73. The van der Waals surface area contributed by atoms with Crippen LogP contribution in [0.2, 0.25) is 10.0 Å². The number of hydrogen-bond acceptors (Lipinski definition) is 4. The van der Waals surface area contributed by atoms with E-state index in [2.05, 4.69) is 45.9 Å². The molecule has 10 heteroatoms. The molecule has 0 saturated heterocycles. The number of rotatable bonds is 9. The standard InChI is InChI=1S/C22H24BrCl2N3O4/c1-13(2)9-10-32-19-6-3-14(11-16(19)23)22(31)28-27-21(30)8-7-20(29)26-18-5-4-15(24)12-17(18)25/h3-6,11-13H,7-10H2,1-2H3,(H,26,29)(H,27,30)(H,28,31). The third-order valence-electron chi connectivity index (χ3n) is 4.25. The topological polar surface area (TPSA) is 96.5 Å². The van der Waals surface area contributed by atoms with Crippen molar-refractivity contribution in [3.8, 4) is 5.75 Å². The zero-order valence-electron chi connectivity index (χ0n) is 17.6. The first kappa shape index (κ1) is 26.0. The minimum atomic E-state index is -0.511. The Morgan fingerprint density at radius 3 is 2.38 bits per heavy atom. The van der Waals surface area contributed by atoms with Gasteiger partial charge < -0.3 is 10.1 Å². The summed E-state index contributed by atoms with van der Waals surface area (Å²) in [5, 5.41) is 3.35. The molecule has 0 radical (unpaired) electrons. The molecule has 0 aliphatic carbocycles. The Kier molecular flexibility index (Phi) is 10.3. The van der Waals surface area contributed by atoms with Crippen molar-refractivity contribution in [2.45, 2.75) is 33.1 Å². The van der Waals surface area contributed by atoms with Crippen LogP contribution in [-0.2, 0) is 9.59 Å². The van der Waals surface area contributed by atoms with Crippen molar-refractivity contribution in [3.63, 3.8) is 0 Å². The van der Waals surface area contributed by atoms with Crippen molar-refractivity contribution in [1.82, 2.24) is 10.9 Å². The van der Waals surface area contributed by atoms with E-state index in [-0.39, 0.29) is 12.8 Å². The lowest BCUT2D eigenvalue weighted by Gasteiger charge is -2.12. The zero-order chi connectivity index (χ0) is 23.7. The summed E-state index contributed by atoms with van der Waals surface area (Å²) < 4.78 is 6.33. The van der Waals surface area contributed by atoms with Gasteiger partial charge in [-0.25, -0.2) is 0 Å². The number of hydrazine groups is 1. The van der Waals surface area contributed by atoms with E-state index in [1.165, 1.54) is 6.07 Å². The molecule has 0 fully saturated rings. The van der Waals surface area contributed by atoms with Gasteiger partial charge in [0.25, 0.3) is 5.91 Å². The minimum Gasteiger partial charge on any atom is -0.492 e. The maximum absolute atomic E-state index is 12.3. The summed E-state index contributed by atoms with van der Waals surface area (Å²) in [6.07, 6.45) is 0.712. The molecular formula is C22H24BrCl2N3O4. The van der Waals surface area contributed by atoms with Crippen LogP contribution in [-0.4, -0.2) is 24.3 Å². The van der Waals surface area contributed by atoms with Crippen LogP contribution in [0.15, 0.2) is 40.9 Å². The van der Waals surface area contributed by atoms with Crippen molar-refractivity contribution in [1.29, 1.82) is 0 Å². The molecule has 0 aliphatic heterocycles. The summed E-state index contributed by atoms with van der Waals surface area (Å²) >= 11 is 15.2. The highest BCUT2D eigenvalue weighted by Crippen LogP contribution is 2.27. The number of carbonyl (C=O) groups is 3. The van der Waals surface area contributed by atoms with Crippen LogP contribution in [0.25, 0.3) is 0 Å². The third-order valence-corrected chi connectivity index (χ3v) is 5.41. The number of anilines is 1. The number of halogens is 3. The van der Waals surface area contributed by atoms with Crippen LogP contribution in [0.4, 0.5) is 5.69 Å². The highest BCUT2D eigenvalue weighted by Gasteiger charge is 2.13. The van der Waals surface area contributed by atoms with Gasteiger partial charge in [0.1, 0.15) is 5.75 Å². The van der Waals surface area contributed by atoms with Crippen LogP contribution in [0.1, 0.15) is 43.5 Å². The fourth-order valence-electron chi connectivity index (χ4n) is 2.46. The molecular weight excluding hydrogens is 521 g/mol. The van der Waals surface area contributed by atoms with E-state index in [1.807, 2.05) is 0 Å². The summed E-state index contributed by atoms with van der Waals surface area (Å²) in [4.78, 5) is 36.2. The van der Waals surface area contributed by atoms with E-state index in [4.69, 9.17) is 27.9 Å². The second kappa shape index (κ2) is 12.7. The van der Waals surface area contributed by atoms with Gasteiger partial charge in [-0.15, -0.1) is 0 Å². The van der Waals surface area contributed by atoms with Crippen molar-refractivity contribution in [3.05, 3.63) is 56.5 Å². The van der Waals surface area contributed by atoms with Crippen molar-refractivity contribution >= 4 is 62.5 Å². The quantitative estimate of drug-likeness (QED) is 0.370. The van der Waals surface area contributed by atoms with Crippen LogP contribution in [0.5, 0.6) is 5.75 Å². The first-order valence-corrected chi connectivity index (χ1v) is 11.5. The molecule has 0 aromatic heterocycles. The minimum absolute atomic E-state index is 0.0887. The Labute approximate surface area is 205 Å². The maximum atomic E-state index is 12.3. The fourth-order valence-corrected chi connectivity index (χ4v) is 3.40. The fraction of sp³-hybridized carbons (Fsp3) is 0.318. The predicted octanol–water partition coefficient (Wildman–Crippen LogP) is 5.36. The second-order valence-electron chi connectivity index (χ2n) is 7.35. The van der Waals surface area contributed by atoms with Gasteiger partial charge in [-0.3, -0.25) is 25.2 Å². The van der Waals surface area contributed by atoms with Crippen molar-refractivity contribution < 1.29 is 19.1 Å². The monoisotopic (exact) mass is 543 g/mol. The zero-order valence-corrected chi connectivity index (χ0v) is 20.7. The number of ether oxygens (including phenoxy) is 1. The molecule has 0 heterocycles. The van der Waals surface area contributed by atoms with Gasteiger partial charge in [-0.05, 0) is 64.7 Å². The van der Waals surface area contributed by atoms with Gasteiger partial charge in [0.05, 0.1) is 21.8 Å². The lowest BCUT2D eigenvalue weighted by atomic mass is 10.1. The van der Waals surface area contributed by atoms with E-state index in [1.54, 1.807) is 30.3 Å². The molecule has 32 heavy (non-hydrogen) atoms. The van der Waals surface area contributed by atoms with Crippen molar-refractivity contribution in [2.24, 2.45) is 5.92 Å². The molecule has 0 bridgehead atoms. The number of hydrogen-bond donors (Lipinski definition) is 3. The van der Waals surface area contributed by atoms with Gasteiger partial charge in [0, 0.05) is 23.4 Å². The normalized spacial score (nSPS) is 10.6. The van der Waals surface area contributed by atoms with Crippen LogP contribution < -0.4 is 20.9 Å². The van der Waals surface area contributed by atoms with Crippen molar-refractivity contribution in [2.75, 3.05) is 11.9 Å². The molecule has 0 aliphatic rings. The van der Waals surface area contributed by atoms with E-state index >= 15 is 0 Å². The van der Waals surface area contributed by atoms with E-state index in [0.29, 0.717) is 44.0 Å². The highest BCUT2D eigenvalue weighted by molar-refractivity contribution is 9.10. The molecule has 3 amide bonds. The maximum Gasteiger partial charge on any atom is 0.269 e. The summed E-state index contributed by atoms with van der Waals surface area (Å²) in [6, 6.07) is 9.56. The number of nitrogens with one attached hydrogen (secondary N) is 3. The first-order chi connectivity index (χ1) is 15.2. The largest absolute Gasteiger partial charge is 0.492 e. The molecule has 0 spiro atoms. The summed E-state index contributed by atoms with van der Waals surface area (Å²) in [7, 11) is 0. The van der Waals surface area contributed by atoms with E-state index in [9.17, 15) is 14.4 Å². The Hall–Kier alpha value is -2.29. The van der Waals surface area contributed by atoms with Crippen LogP contribution in [0.3, 0.4) is 0 Å². The number of benzene rings is 2. The lowest BCUT2D eigenvalue weighted by molar-refractivity contribution is -0.124. The SMILES string of the molecule is CC(C)CCOc1ccc(C(=O)NNC(=O)CCC(=O)Nc2ccc(Cl)cc2Cl)cc1Br. The summed E-state index contributed by atoms with van der Waals surface area (Å²) in [6.45, 7) is 4.80. The Morgan fingerprint density at radius 1 is 1.00 bits per heavy atom. The van der Waals surface area contributed by atoms with Gasteiger partial charge in [0.2, 0.25) is 11.8 Å². The Bertz CT molecular complexity index is 986. The molecule has 3 N–H and O–H groups in total. The van der Waals surface area contributed by atoms with Gasteiger partial charge in [-0.1, -0.05) is 37.0 Å². The van der Waals surface area contributed by atoms with Gasteiger partial charge in [0.15, 0.2) is 0 Å². The predicted molar refractivity (Wildman–Crippen MR) is 129 cm³/mol. The molecule has 172 valence electrons. The molecule has 2 aromatic rings. The molecule has 0 atom stereocenters. The molecule has 0 saturated carbocycles. The third kappa shape index (κ3) is 8.68. The Morgan fingerprint density at radius 2 is 1.72 bits per heavy atom. The first-order valence-electron chi connectivity index (χ1n) is 9.92. The number of carbonyl (C=O) groups excluding carboxylic acids is 3. The van der Waals surface area contributed by atoms with Crippen LogP contribution >= 0.6 is 39.1 Å². The number of amides is 3. The summed E-state index contributed by atoms with van der Waals surface area (Å²) in [5.41, 5.74) is 5.35. The smallest absolute Gasteiger partial charge is 0.269 e. The lowest BCUT2D eigenvalue weighted by Crippen LogP contribution is -2.41. The highest BCUT2D eigenvalue weighted by atomic mass is 79.9. The second-order valence-corrected chi connectivity index (χ2v) is 9.05. The summed E-state index contributed by atoms with van der Waals surface area (Å²) in [5.74, 6) is -0.233. The Balaban J connectivity index is 1.76. The van der Waals surface area contributed by atoms with Crippen LogP contribution in [0, 0.1) is 5.92 Å². The van der Waals surface area contributed by atoms with E-state index < -0.39 is 17.7 Å². The van der Waals surface area contributed by atoms with Gasteiger partial charge >= 0.3 is 0 Å². The molecule has 0 unspecified atom stereocenters. The molecule has 7 nitrogen and oxygen atoms in total. The van der Waals surface area contributed by atoms with E-state index in [0.717, 1.165) is 6.42 Å². The molecule has 2 aromatic carbocycles. The average molecular weight is 545 g/mol.